The normalized spacial score (nSPS) is 12.7. The second-order valence-corrected chi connectivity index (χ2v) is 9.96. The van der Waals surface area contributed by atoms with E-state index in [0.29, 0.717) is 23.6 Å². The van der Waals surface area contributed by atoms with Crippen molar-refractivity contribution < 1.29 is 12.8 Å². The summed E-state index contributed by atoms with van der Waals surface area (Å²) in [6.07, 6.45) is 7.12. The number of aryl methyl sites for hydroxylation is 1. The third-order valence-corrected chi connectivity index (χ3v) is 6.87. The lowest BCUT2D eigenvalue weighted by atomic mass is 10.1. The second-order valence-electron chi connectivity index (χ2n) is 7.86. The lowest BCUT2D eigenvalue weighted by molar-refractivity contribution is 0.584. The molecule has 0 amide bonds. The SMILES string of the molecule is C=CCC(C)c1nnc(NS(=O)(=O)C(C)Cc2ncc(C)cn2)n1-c1c(F)cccc1C=C.CC. The molecular formula is C25H33FN6O2S. The average molecular weight is 501 g/mol. The lowest BCUT2D eigenvalue weighted by Crippen LogP contribution is -2.29. The zero-order valence-electron chi connectivity index (χ0n) is 20.9. The molecule has 3 aromatic rings. The first-order valence-electron chi connectivity index (χ1n) is 11.4. The molecule has 8 nitrogen and oxygen atoms in total. The Morgan fingerprint density at radius 3 is 2.40 bits per heavy atom. The molecule has 3 rings (SSSR count). The summed E-state index contributed by atoms with van der Waals surface area (Å²) in [5.41, 5.74) is 1.48. The van der Waals surface area contributed by atoms with E-state index < -0.39 is 21.1 Å². The second kappa shape index (κ2) is 12.3. The Bertz CT molecular complexity index is 1260. The van der Waals surface area contributed by atoms with Crippen LogP contribution < -0.4 is 4.72 Å². The summed E-state index contributed by atoms with van der Waals surface area (Å²) in [5, 5.41) is 7.36. The molecule has 0 radical (unpaired) electrons. The molecule has 2 unspecified atom stereocenters. The van der Waals surface area contributed by atoms with Crippen LogP contribution in [0.25, 0.3) is 11.8 Å². The summed E-state index contributed by atoms with van der Waals surface area (Å²) in [7, 11) is -3.93. The minimum atomic E-state index is -3.93. The van der Waals surface area contributed by atoms with Crippen molar-refractivity contribution in [1.29, 1.82) is 0 Å². The third-order valence-electron chi connectivity index (χ3n) is 5.18. The minimum absolute atomic E-state index is 0.0983. The number of rotatable bonds is 10. The zero-order chi connectivity index (χ0) is 26.2. The number of para-hydroxylation sites is 1. The molecule has 0 bridgehead atoms. The van der Waals surface area contributed by atoms with E-state index in [0.717, 1.165) is 5.56 Å². The molecule has 0 saturated carbocycles. The van der Waals surface area contributed by atoms with Crippen LogP contribution in [0.5, 0.6) is 0 Å². The molecule has 0 aliphatic rings. The first-order chi connectivity index (χ1) is 16.7. The minimum Gasteiger partial charge on any atom is -0.261 e. The number of sulfonamides is 1. The highest BCUT2D eigenvalue weighted by atomic mass is 32.2. The fourth-order valence-electron chi connectivity index (χ4n) is 3.31. The number of anilines is 1. The maximum atomic E-state index is 15.0. The first kappa shape index (κ1) is 27.8. The van der Waals surface area contributed by atoms with Crippen molar-refractivity contribution in [2.75, 3.05) is 4.72 Å². The summed E-state index contributed by atoms with van der Waals surface area (Å²) in [5.74, 6) is -0.0471. The van der Waals surface area contributed by atoms with Crippen LogP contribution in [-0.4, -0.2) is 38.4 Å². The average Bonchev–Trinajstić information content (AvgIpc) is 3.24. The number of allylic oxidation sites excluding steroid dienone is 1. The van der Waals surface area contributed by atoms with Crippen molar-refractivity contribution in [3.63, 3.8) is 0 Å². The van der Waals surface area contributed by atoms with Crippen molar-refractivity contribution in [1.82, 2.24) is 24.7 Å². The number of nitrogens with zero attached hydrogens (tertiary/aromatic N) is 5. The van der Waals surface area contributed by atoms with Crippen molar-refractivity contribution in [3.05, 3.63) is 78.4 Å². The fraction of sp³-hybridized carbons (Fsp3) is 0.360. The molecule has 0 aliphatic heterocycles. The van der Waals surface area contributed by atoms with Crippen LogP contribution in [0, 0.1) is 12.7 Å². The van der Waals surface area contributed by atoms with E-state index >= 15 is 0 Å². The van der Waals surface area contributed by atoms with Crippen LogP contribution in [0.2, 0.25) is 0 Å². The molecule has 1 N–H and O–H groups in total. The summed E-state index contributed by atoms with van der Waals surface area (Å²) < 4.78 is 45.1. The zero-order valence-corrected chi connectivity index (χ0v) is 21.7. The monoisotopic (exact) mass is 500 g/mol. The van der Waals surface area contributed by atoms with Gasteiger partial charge in [0.25, 0.3) is 0 Å². The van der Waals surface area contributed by atoms with Crippen LogP contribution in [0.4, 0.5) is 10.3 Å². The Hall–Kier alpha value is -3.40. The number of aromatic nitrogens is 5. The molecule has 0 saturated heterocycles. The van der Waals surface area contributed by atoms with Crippen LogP contribution in [0.3, 0.4) is 0 Å². The largest absolute Gasteiger partial charge is 0.261 e. The van der Waals surface area contributed by atoms with Crippen LogP contribution in [-0.2, 0) is 16.4 Å². The highest BCUT2D eigenvalue weighted by Crippen LogP contribution is 2.30. The Labute approximate surface area is 207 Å². The van der Waals surface area contributed by atoms with E-state index in [1.54, 1.807) is 37.5 Å². The van der Waals surface area contributed by atoms with Crippen molar-refractivity contribution in [3.8, 4) is 5.69 Å². The fourth-order valence-corrected chi connectivity index (χ4v) is 4.27. The van der Waals surface area contributed by atoms with Gasteiger partial charge >= 0.3 is 0 Å². The standard InChI is InChI=1S/C23H27FN6O2S.C2H6/c1-6-9-16(4)22-27-28-23(30(22)21-18(7-2)10-8-11-19(21)24)29-33(31,32)17(5)12-20-25-13-15(3)14-26-20;1-2/h6-8,10-11,13-14,16-17H,1-2,9,12H2,3-5H3,(H,28,29);1-2H3. The highest BCUT2D eigenvalue weighted by Gasteiger charge is 2.28. The summed E-state index contributed by atoms with van der Waals surface area (Å²) in [4.78, 5) is 8.36. The van der Waals surface area contributed by atoms with E-state index in [9.17, 15) is 12.8 Å². The molecule has 35 heavy (non-hydrogen) atoms. The molecular weight excluding hydrogens is 467 g/mol. The van der Waals surface area contributed by atoms with Gasteiger partial charge < -0.3 is 0 Å². The molecule has 0 spiro atoms. The molecule has 2 aromatic heterocycles. The molecule has 1 aromatic carbocycles. The first-order valence-corrected chi connectivity index (χ1v) is 13.0. The van der Waals surface area contributed by atoms with Crippen LogP contribution >= 0.6 is 0 Å². The molecule has 188 valence electrons. The van der Waals surface area contributed by atoms with Gasteiger partial charge in [0.05, 0.1) is 10.9 Å². The van der Waals surface area contributed by atoms with Gasteiger partial charge in [0, 0.05) is 30.3 Å². The van der Waals surface area contributed by atoms with E-state index in [1.165, 1.54) is 16.7 Å². The van der Waals surface area contributed by atoms with Crippen molar-refractivity contribution in [2.24, 2.45) is 0 Å². The van der Waals surface area contributed by atoms with Gasteiger partial charge in [0.15, 0.2) is 0 Å². The summed E-state index contributed by atoms with van der Waals surface area (Å²) in [6, 6.07) is 4.53. The summed E-state index contributed by atoms with van der Waals surface area (Å²) in [6.45, 7) is 16.8. The number of hydrogen-bond acceptors (Lipinski definition) is 6. The molecule has 0 aliphatic carbocycles. The topological polar surface area (TPSA) is 103 Å². The number of hydrogen-bond donors (Lipinski definition) is 1. The highest BCUT2D eigenvalue weighted by molar-refractivity contribution is 7.93. The molecule has 10 heteroatoms. The maximum Gasteiger partial charge on any atom is 0.243 e. The van der Waals surface area contributed by atoms with Gasteiger partial charge in [-0.2, -0.15) is 0 Å². The number of nitrogens with one attached hydrogen (secondary N) is 1. The van der Waals surface area contributed by atoms with Crippen molar-refractivity contribution >= 4 is 22.0 Å². The van der Waals surface area contributed by atoms with Gasteiger partial charge in [-0.25, -0.2) is 22.8 Å². The van der Waals surface area contributed by atoms with Gasteiger partial charge in [-0.1, -0.05) is 51.6 Å². The van der Waals surface area contributed by atoms with Crippen LogP contribution in [0.15, 0.2) is 49.8 Å². The Morgan fingerprint density at radius 2 is 1.80 bits per heavy atom. The van der Waals surface area contributed by atoms with E-state index in [2.05, 4.69) is 38.0 Å². The smallest absolute Gasteiger partial charge is 0.243 e. The van der Waals surface area contributed by atoms with Crippen LogP contribution in [0.1, 0.15) is 62.8 Å². The van der Waals surface area contributed by atoms with Gasteiger partial charge in [-0.3, -0.25) is 9.29 Å². The van der Waals surface area contributed by atoms with E-state index in [-0.39, 0.29) is 24.0 Å². The Morgan fingerprint density at radius 1 is 1.14 bits per heavy atom. The van der Waals surface area contributed by atoms with Gasteiger partial charge in [-0.05, 0) is 31.9 Å². The lowest BCUT2D eigenvalue weighted by Gasteiger charge is -2.18. The number of benzene rings is 1. The Balaban J connectivity index is 0.00000210. The number of halogens is 1. The van der Waals surface area contributed by atoms with Crippen molar-refractivity contribution in [2.45, 2.75) is 58.6 Å². The van der Waals surface area contributed by atoms with Gasteiger partial charge in [0.2, 0.25) is 16.0 Å². The molecule has 2 atom stereocenters. The maximum absolute atomic E-state index is 15.0. The van der Waals surface area contributed by atoms with E-state index in [1.807, 2.05) is 27.7 Å². The molecule has 2 heterocycles. The quantitative estimate of drug-likeness (QED) is 0.383. The predicted molar refractivity (Wildman–Crippen MR) is 138 cm³/mol. The van der Waals surface area contributed by atoms with Gasteiger partial charge in [0.1, 0.15) is 17.5 Å². The van der Waals surface area contributed by atoms with E-state index in [4.69, 9.17) is 0 Å². The summed E-state index contributed by atoms with van der Waals surface area (Å²) >= 11 is 0. The third kappa shape index (κ3) is 6.60. The molecule has 0 fully saturated rings. The Kier molecular flexibility index (Phi) is 9.82. The predicted octanol–water partition coefficient (Wildman–Crippen LogP) is 5.23. The van der Waals surface area contributed by atoms with Gasteiger partial charge in [-0.15, -0.1) is 16.8 Å².